The van der Waals surface area contributed by atoms with Gasteiger partial charge in [-0.1, -0.05) is 50.5 Å². The molecule has 0 spiro atoms. The highest BCUT2D eigenvalue weighted by molar-refractivity contribution is 7.89. The highest BCUT2D eigenvalue weighted by Gasteiger charge is 2.40. The van der Waals surface area contributed by atoms with Gasteiger partial charge in [0.15, 0.2) is 0 Å². The molecule has 1 saturated carbocycles. The van der Waals surface area contributed by atoms with Crippen LogP contribution < -0.4 is 10.1 Å². The number of carbonyl (C=O) groups excluding carboxylic acids is 1. The lowest BCUT2D eigenvalue weighted by molar-refractivity contribution is -0.132. The van der Waals surface area contributed by atoms with Gasteiger partial charge in [-0.2, -0.15) is 4.31 Å². The zero-order chi connectivity index (χ0) is 24.2. The van der Waals surface area contributed by atoms with Crippen LogP contribution in [0.3, 0.4) is 0 Å². The average molecular weight is 485 g/mol. The molecular formula is C27H36N2O4S. The highest BCUT2D eigenvalue weighted by atomic mass is 32.2. The van der Waals surface area contributed by atoms with Crippen molar-refractivity contribution in [1.29, 1.82) is 0 Å². The minimum Gasteiger partial charge on any atom is -0.497 e. The number of amides is 1. The molecule has 6 nitrogen and oxygen atoms in total. The second-order valence-electron chi connectivity index (χ2n) is 9.90. The van der Waals surface area contributed by atoms with Crippen LogP contribution in [0.5, 0.6) is 5.75 Å². The Morgan fingerprint density at radius 3 is 2.21 bits per heavy atom. The van der Waals surface area contributed by atoms with Crippen molar-refractivity contribution < 1.29 is 17.9 Å². The van der Waals surface area contributed by atoms with Crippen LogP contribution in [0.25, 0.3) is 0 Å². The maximum atomic E-state index is 13.2. The lowest BCUT2D eigenvalue weighted by atomic mass is 9.80. The van der Waals surface area contributed by atoms with Gasteiger partial charge in [0.05, 0.1) is 12.0 Å². The summed E-state index contributed by atoms with van der Waals surface area (Å²) in [5.74, 6) is 1.30. The Bertz CT molecular complexity index is 1070. The van der Waals surface area contributed by atoms with E-state index < -0.39 is 15.4 Å². The molecule has 7 heteroatoms. The summed E-state index contributed by atoms with van der Waals surface area (Å²) in [5, 5.41) is 3.02. The summed E-state index contributed by atoms with van der Waals surface area (Å²) in [6.45, 7) is 3.06. The van der Waals surface area contributed by atoms with Crippen molar-refractivity contribution in [1.82, 2.24) is 9.62 Å². The fourth-order valence-electron chi connectivity index (χ4n) is 5.08. The van der Waals surface area contributed by atoms with Crippen molar-refractivity contribution in [3.05, 3.63) is 59.7 Å². The Kier molecular flexibility index (Phi) is 7.63. The molecule has 4 rings (SSSR count). The summed E-state index contributed by atoms with van der Waals surface area (Å²) in [4.78, 5) is 13.3. The lowest BCUT2D eigenvalue weighted by Crippen LogP contribution is -2.48. The minimum absolute atomic E-state index is 0.0304. The smallest absolute Gasteiger partial charge is 0.243 e. The van der Waals surface area contributed by atoms with Gasteiger partial charge in [-0.3, -0.25) is 4.79 Å². The number of methoxy groups -OCH3 is 1. The van der Waals surface area contributed by atoms with Crippen LogP contribution in [0.15, 0.2) is 53.4 Å². The maximum Gasteiger partial charge on any atom is 0.243 e. The number of benzene rings is 2. The molecular weight excluding hydrogens is 448 g/mol. The van der Waals surface area contributed by atoms with Crippen molar-refractivity contribution in [2.45, 2.75) is 69.2 Å². The Morgan fingerprint density at radius 1 is 1.00 bits per heavy atom. The normalized spacial score (nSPS) is 19.5. The Labute approximate surface area is 203 Å². The van der Waals surface area contributed by atoms with E-state index in [2.05, 4.69) is 5.32 Å². The summed E-state index contributed by atoms with van der Waals surface area (Å²) in [5.41, 5.74) is 1.66. The molecule has 1 amide bonds. The summed E-state index contributed by atoms with van der Waals surface area (Å²) in [6.07, 6.45) is 7.20. The van der Waals surface area contributed by atoms with Gasteiger partial charge < -0.3 is 10.1 Å². The Morgan fingerprint density at radius 2 is 1.62 bits per heavy atom. The number of nitrogens with zero attached hydrogens (tertiary/aromatic N) is 1. The van der Waals surface area contributed by atoms with E-state index in [9.17, 15) is 13.2 Å². The van der Waals surface area contributed by atoms with Crippen molar-refractivity contribution in [3.8, 4) is 5.75 Å². The molecule has 0 atom stereocenters. The average Bonchev–Trinajstić information content (AvgIpc) is 2.88. The fourth-order valence-corrected chi connectivity index (χ4v) is 6.52. The molecule has 1 N–H and O–H groups in total. The number of piperidine rings is 1. The zero-order valence-electron chi connectivity index (χ0n) is 20.3. The van der Waals surface area contributed by atoms with Crippen LogP contribution in [0.1, 0.15) is 68.9 Å². The molecule has 0 aromatic heterocycles. The van der Waals surface area contributed by atoms with Crippen LogP contribution in [0, 0.1) is 5.41 Å². The third-order valence-corrected chi connectivity index (χ3v) is 9.49. The van der Waals surface area contributed by atoms with E-state index in [1.165, 1.54) is 42.0 Å². The fraction of sp³-hybridized carbons (Fsp3) is 0.519. The second kappa shape index (κ2) is 10.5. The second-order valence-corrected chi connectivity index (χ2v) is 11.8. The van der Waals surface area contributed by atoms with Crippen LogP contribution in [-0.4, -0.2) is 38.8 Å². The lowest BCUT2D eigenvalue weighted by Gasteiger charge is -2.37. The monoisotopic (exact) mass is 484 g/mol. The van der Waals surface area contributed by atoms with E-state index in [0.717, 1.165) is 11.3 Å². The molecule has 0 radical (unpaired) electrons. The molecule has 1 aliphatic heterocycles. The number of sulfonamides is 1. The molecule has 2 fully saturated rings. The minimum atomic E-state index is -3.56. The van der Waals surface area contributed by atoms with E-state index in [-0.39, 0.29) is 5.91 Å². The van der Waals surface area contributed by atoms with E-state index in [0.29, 0.717) is 43.3 Å². The number of rotatable bonds is 7. The van der Waals surface area contributed by atoms with E-state index in [1.807, 2.05) is 43.3 Å². The molecule has 0 bridgehead atoms. The first kappa shape index (κ1) is 24.7. The van der Waals surface area contributed by atoms with E-state index in [1.54, 1.807) is 19.2 Å². The van der Waals surface area contributed by atoms with Gasteiger partial charge in [0, 0.05) is 25.0 Å². The SMILES string of the molecule is COc1ccc(CNC(=O)C2(C)CCN(S(=O)(=O)c3ccc(C4CCCCC4)cc3)CC2)cc1. The van der Waals surface area contributed by atoms with Crippen molar-refractivity contribution in [3.63, 3.8) is 0 Å². The quantitative estimate of drug-likeness (QED) is 0.610. The van der Waals surface area contributed by atoms with Gasteiger partial charge in [-0.05, 0) is 67.0 Å². The predicted octanol–water partition coefficient (Wildman–Crippen LogP) is 4.85. The zero-order valence-corrected chi connectivity index (χ0v) is 21.1. The van der Waals surface area contributed by atoms with E-state index >= 15 is 0 Å². The molecule has 2 aromatic rings. The standard InChI is InChI=1S/C27H36N2O4S/c1-27(26(30)28-20-21-8-12-24(33-2)13-9-21)16-18-29(19-17-27)34(31,32)25-14-10-23(11-15-25)22-6-4-3-5-7-22/h8-15,22H,3-7,16-20H2,1-2H3,(H,28,30). The first-order chi connectivity index (χ1) is 16.3. The summed E-state index contributed by atoms with van der Waals surface area (Å²) in [7, 11) is -1.94. The van der Waals surface area contributed by atoms with Crippen LogP contribution in [0.2, 0.25) is 0 Å². The van der Waals surface area contributed by atoms with Gasteiger partial charge >= 0.3 is 0 Å². The third kappa shape index (κ3) is 5.47. The largest absolute Gasteiger partial charge is 0.497 e. The number of ether oxygens (including phenoxy) is 1. The van der Waals surface area contributed by atoms with Gasteiger partial charge in [0.1, 0.15) is 5.75 Å². The predicted molar refractivity (Wildman–Crippen MR) is 133 cm³/mol. The molecule has 1 saturated heterocycles. The van der Waals surface area contributed by atoms with Crippen LogP contribution >= 0.6 is 0 Å². The van der Waals surface area contributed by atoms with Crippen molar-refractivity contribution in [2.75, 3.05) is 20.2 Å². The summed E-state index contributed by atoms with van der Waals surface area (Å²) < 4.78 is 33.2. The topological polar surface area (TPSA) is 75.7 Å². The van der Waals surface area contributed by atoms with Gasteiger partial charge in [0.25, 0.3) is 0 Å². The molecule has 184 valence electrons. The maximum absolute atomic E-state index is 13.2. The van der Waals surface area contributed by atoms with Crippen LogP contribution in [0.4, 0.5) is 0 Å². The summed E-state index contributed by atoms with van der Waals surface area (Å²) in [6, 6.07) is 15.1. The van der Waals surface area contributed by atoms with E-state index in [4.69, 9.17) is 4.74 Å². The first-order valence-electron chi connectivity index (χ1n) is 12.3. The molecule has 1 heterocycles. The van der Waals surface area contributed by atoms with Gasteiger partial charge in [0.2, 0.25) is 15.9 Å². The number of nitrogens with one attached hydrogen (secondary N) is 1. The summed E-state index contributed by atoms with van der Waals surface area (Å²) >= 11 is 0. The highest BCUT2D eigenvalue weighted by Crippen LogP contribution is 2.35. The van der Waals surface area contributed by atoms with Gasteiger partial charge in [-0.25, -0.2) is 8.42 Å². The first-order valence-corrected chi connectivity index (χ1v) is 13.8. The Hall–Kier alpha value is -2.38. The molecule has 2 aromatic carbocycles. The van der Waals surface area contributed by atoms with Crippen molar-refractivity contribution in [2.24, 2.45) is 5.41 Å². The third-order valence-electron chi connectivity index (χ3n) is 7.58. The molecule has 34 heavy (non-hydrogen) atoms. The number of hydrogen-bond donors (Lipinski definition) is 1. The number of carbonyl (C=O) groups is 1. The Balaban J connectivity index is 1.33. The number of hydrogen-bond acceptors (Lipinski definition) is 4. The van der Waals surface area contributed by atoms with Crippen LogP contribution in [-0.2, 0) is 21.4 Å². The van der Waals surface area contributed by atoms with Crippen molar-refractivity contribution >= 4 is 15.9 Å². The molecule has 1 aliphatic carbocycles. The molecule has 0 unspecified atom stereocenters. The molecule has 2 aliphatic rings. The van der Waals surface area contributed by atoms with Gasteiger partial charge in [-0.15, -0.1) is 0 Å².